The molecule has 2 aliphatic carbocycles. The zero-order valence-corrected chi connectivity index (χ0v) is 11.5. The number of allylic oxidation sites excluding steroid dienone is 2. The molecule has 0 aromatic carbocycles. The van der Waals surface area contributed by atoms with E-state index in [9.17, 15) is 9.59 Å². The number of carbonyl (C=O) groups excluding carboxylic acids is 1. The predicted octanol–water partition coefficient (Wildman–Crippen LogP) is -0.722. The van der Waals surface area contributed by atoms with Crippen molar-refractivity contribution in [1.82, 2.24) is 0 Å². The van der Waals surface area contributed by atoms with Crippen LogP contribution in [-0.4, -0.2) is 29.6 Å². The first-order valence-electron chi connectivity index (χ1n) is 5.81. The van der Waals surface area contributed by atoms with Gasteiger partial charge in [-0.05, 0) is 38.5 Å². The summed E-state index contributed by atoms with van der Waals surface area (Å²) in [5.74, 6) is -1.02. The van der Waals surface area contributed by atoms with Crippen LogP contribution in [0.25, 0.3) is 0 Å². The normalized spacial score (nSPS) is 15.0. The summed E-state index contributed by atoms with van der Waals surface area (Å²) in [6.45, 7) is 0. The van der Waals surface area contributed by atoms with Crippen molar-refractivity contribution >= 4 is 11.9 Å². The average molecular weight is 262 g/mol. The largest absolute Gasteiger partial charge is 1.00 e. The fourth-order valence-electron chi connectivity index (χ4n) is 1.45. The monoisotopic (exact) mass is 262 g/mol. The van der Waals surface area contributed by atoms with Crippen molar-refractivity contribution in [3.63, 3.8) is 0 Å². The molecule has 6 heteroatoms. The van der Waals surface area contributed by atoms with Crippen LogP contribution < -0.4 is 18.9 Å². The molecule has 2 aliphatic rings. The average Bonchev–Trinajstić information content (AvgIpc) is 2.18. The van der Waals surface area contributed by atoms with Gasteiger partial charge in [0.15, 0.2) is 0 Å². The van der Waals surface area contributed by atoms with Crippen LogP contribution in [0.4, 0.5) is 0 Å². The Morgan fingerprint density at radius 3 is 1.68 bits per heavy atom. The van der Waals surface area contributed by atoms with E-state index in [1.54, 1.807) is 6.08 Å². The Morgan fingerprint density at radius 2 is 1.47 bits per heavy atom. The van der Waals surface area contributed by atoms with Crippen LogP contribution in [0.2, 0.25) is 0 Å². The molecule has 0 unspecified atom stereocenters. The molecule has 5 nitrogen and oxygen atoms in total. The summed E-state index contributed by atoms with van der Waals surface area (Å²) in [6.07, 6.45) is 9.43. The number of carboxylic acid groups (broad SMARTS) is 1. The van der Waals surface area contributed by atoms with Crippen LogP contribution in [-0.2, 0) is 14.3 Å². The molecular formula is C13H19LiO5. The van der Waals surface area contributed by atoms with Gasteiger partial charge in [0.25, 0.3) is 0 Å². The number of methoxy groups -OCH3 is 1. The molecular weight excluding hydrogens is 243 g/mol. The van der Waals surface area contributed by atoms with Crippen molar-refractivity contribution in [3.05, 3.63) is 23.3 Å². The van der Waals surface area contributed by atoms with E-state index in [1.165, 1.54) is 31.6 Å². The van der Waals surface area contributed by atoms with Gasteiger partial charge in [0.05, 0.1) is 7.11 Å². The standard InChI is InChI=1S/C7H10O2.C6H8O2.Li.H2O/c1-9-7(8)5-6-3-2-4-6;7-6(8)4-5-2-1-3-5;;/h5H,2-4H2,1H3;4H,1-3H2,(H,7,8);;1H2/q;;+1;/p-1. The molecule has 19 heavy (non-hydrogen) atoms. The van der Waals surface area contributed by atoms with Crippen LogP contribution in [0.5, 0.6) is 0 Å². The zero-order valence-electron chi connectivity index (χ0n) is 11.5. The van der Waals surface area contributed by atoms with E-state index in [2.05, 4.69) is 4.74 Å². The van der Waals surface area contributed by atoms with Crippen LogP contribution in [0.15, 0.2) is 23.3 Å². The number of carbonyl (C=O) groups is 2. The van der Waals surface area contributed by atoms with Crippen LogP contribution in [0.1, 0.15) is 38.5 Å². The first-order chi connectivity index (χ1) is 8.11. The second kappa shape index (κ2) is 10.9. The van der Waals surface area contributed by atoms with Crippen molar-refractivity contribution in [1.29, 1.82) is 0 Å². The Kier molecular flexibility index (Phi) is 11.6. The number of rotatable bonds is 2. The Labute approximate surface area is 125 Å². The van der Waals surface area contributed by atoms with Gasteiger partial charge in [-0.1, -0.05) is 11.1 Å². The quantitative estimate of drug-likeness (QED) is 0.402. The smallest absolute Gasteiger partial charge is 0.870 e. The summed E-state index contributed by atoms with van der Waals surface area (Å²) in [4.78, 5) is 20.4. The Balaban J connectivity index is 0. The van der Waals surface area contributed by atoms with E-state index in [0.29, 0.717) is 0 Å². The number of hydrogen-bond acceptors (Lipinski definition) is 4. The molecule has 0 aromatic rings. The third-order valence-electron chi connectivity index (χ3n) is 2.84. The van der Waals surface area contributed by atoms with E-state index in [0.717, 1.165) is 31.3 Å². The zero-order chi connectivity index (χ0) is 12.7. The summed E-state index contributed by atoms with van der Waals surface area (Å²) in [7, 11) is 1.40. The molecule has 0 aliphatic heterocycles. The van der Waals surface area contributed by atoms with E-state index in [4.69, 9.17) is 5.11 Å². The molecule has 0 amide bonds. The number of esters is 1. The SMILES string of the molecule is COC(=O)C=C1CCC1.O=C(O)C=C1CCC1.[Li+].[OH-]. The molecule has 0 spiro atoms. The Hall–Kier alpha value is -1.02. The van der Waals surface area contributed by atoms with Gasteiger partial charge >= 0.3 is 30.8 Å². The topological polar surface area (TPSA) is 93.6 Å². The number of ether oxygens (including phenoxy) is 1. The summed E-state index contributed by atoms with van der Waals surface area (Å²) in [6, 6.07) is 0. The second-order valence-corrected chi connectivity index (χ2v) is 4.17. The first-order valence-corrected chi connectivity index (χ1v) is 5.81. The number of carboxylic acids is 1. The van der Waals surface area contributed by atoms with Gasteiger partial charge < -0.3 is 15.3 Å². The number of aliphatic carboxylic acids is 1. The van der Waals surface area contributed by atoms with Gasteiger partial charge in [-0.25, -0.2) is 9.59 Å². The third-order valence-corrected chi connectivity index (χ3v) is 2.84. The maximum atomic E-state index is 10.5. The van der Waals surface area contributed by atoms with Gasteiger partial charge in [0.1, 0.15) is 0 Å². The van der Waals surface area contributed by atoms with Gasteiger partial charge in [-0.3, -0.25) is 0 Å². The van der Waals surface area contributed by atoms with E-state index in [1.807, 2.05) is 0 Å². The summed E-state index contributed by atoms with van der Waals surface area (Å²) < 4.78 is 4.44. The van der Waals surface area contributed by atoms with Gasteiger partial charge in [-0.15, -0.1) is 0 Å². The van der Waals surface area contributed by atoms with Crippen LogP contribution >= 0.6 is 0 Å². The molecule has 0 bridgehead atoms. The fourth-order valence-corrected chi connectivity index (χ4v) is 1.45. The third kappa shape index (κ3) is 8.65. The molecule has 0 aromatic heterocycles. The Morgan fingerprint density at radius 1 is 1.05 bits per heavy atom. The van der Waals surface area contributed by atoms with Crippen molar-refractivity contribution in [3.8, 4) is 0 Å². The molecule has 2 saturated carbocycles. The fraction of sp³-hybridized carbons (Fsp3) is 0.538. The van der Waals surface area contributed by atoms with Crippen LogP contribution in [0.3, 0.4) is 0 Å². The predicted molar refractivity (Wildman–Crippen MR) is 65.5 cm³/mol. The molecule has 0 saturated heterocycles. The molecule has 0 heterocycles. The first kappa shape index (κ1) is 20.3. The van der Waals surface area contributed by atoms with Crippen LogP contribution in [0, 0.1) is 0 Å². The van der Waals surface area contributed by atoms with Gasteiger partial charge in [-0.2, -0.15) is 0 Å². The van der Waals surface area contributed by atoms with E-state index < -0.39 is 5.97 Å². The van der Waals surface area contributed by atoms with Gasteiger partial charge in [0, 0.05) is 12.2 Å². The molecule has 2 N–H and O–H groups in total. The maximum Gasteiger partial charge on any atom is 1.00 e. The summed E-state index contributed by atoms with van der Waals surface area (Å²) in [5.41, 5.74) is 2.30. The maximum absolute atomic E-state index is 10.5. The van der Waals surface area contributed by atoms with E-state index >= 15 is 0 Å². The summed E-state index contributed by atoms with van der Waals surface area (Å²) >= 11 is 0. The van der Waals surface area contributed by atoms with Crippen molar-refractivity contribution in [2.24, 2.45) is 0 Å². The van der Waals surface area contributed by atoms with Crippen molar-refractivity contribution < 1.29 is 43.8 Å². The molecule has 2 rings (SSSR count). The van der Waals surface area contributed by atoms with E-state index in [-0.39, 0.29) is 30.3 Å². The second-order valence-electron chi connectivity index (χ2n) is 4.17. The summed E-state index contributed by atoms with van der Waals surface area (Å²) in [5, 5.41) is 8.17. The molecule has 0 radical (unpaired) electrons. The Bertz CT molecular complexity index is 348. The van der Waals surface area contributed by atoms with Crippen molar-refractivity contribution in [2.75, 3.05) is 7.11 Å². The molecule has 102 valence electrons. The van der Waals surface area contributed by atoms with Gasteiger partial charge in [0.2, 0.25) is 0 Å². The minimum absolute atomic E-state index is 0. The minimum atomic E-state index is -0.806. The molecule has 0 atom stereocenters. The van der Waals surface area contributed by atoms with Crippen molar-refractivity contribution in [2.45, 2.75) is 38.5 Å². The minimum Gasteiger partial charge on any atom is -0.870 e. The number of hydrogen-bond donors (Lipinski definition) is 1. The molecule has 2 fully saturated rings.